The van der Waals surface area contributed by atoms with Gasteiger partial charge in [0.1, 0.15) is 16.9 Å². The molecule has 0 saturated carbocycles. The molecule has 0 bridgehead atoms. The number of aromatic nitrogens is 1. The first-order chi connectivity index (χ1) is 9.40. The summed E-state index contributed by atoms with van der Waals surface area (Å²) in [6, 6.07) is 2.80. The zero-order valence-corrected chi connectivity index (χ0v) is 12.1. The van der Waals surface area contributed by atoms with Crippen molar-refractivity contribution in [1.29, 1.82) is 0 Å². The lowest BCUT2D eigenvalue weighted by Gasteiger charge is -2.13. The van der Waals surface area contributed by atoms with E-state index in [-0.39, 0.29) is 28.8 Å². The van der Waals surface area contributed by atoms with Crippen molar-refractivity contribution < 1.29 is 23.9 Å². The van der Waals surface area contributed by atoms with Crippen molar-refractivity contribution >= 4 is 29.1 Å². The van der Waals surface area contributed by atoms with Gasteiger partial charge in [-0.2, -0.15) is 0 Å². The molecule has 0 aliphatic heterocycles. The second kappa shape index (κ2) is 7.00. The average molecular weight is 300 g/mol. The molecule has 1 aromatic heterocycles. The summed E-state index contributed by atoms with van der Waals surface area (Å²) in [6.45, 7) is 1.29. The molecule has 0 spiro atoms. The van der Waals surface area contributed by atoms with Crippen LogP contribution in [0.25, 0.3) is 0 Å². The molecule has 6 nitrogen and oxygen atoms in total. The molecule has 108 valence electrons. The lowest BCUT2D eigenvalue weighted by atomic mass is 9.93. The zero-order valence-electron chi connectivity index (χ0n) is 11.3. The van der Waals surface area contributed by atoms with Crippen molar-refractivity contribution in [3.05, 3.63) is 22.8 Å². The van der Waals surface area contributed by atoms with Gasteiger partial charge in [0.2, 0.25) is 5.88 Å². The fourth-order valence-electron chi connectivity index (χ4n) is 1.66. The van der Waals surface area contributed by atoms with E-state index in [1.54, 1.807) is 0 Å². The van der Waals surface area contributed by atoms with Crippen LogP contribution in [0.4, 0.5) is 0 Å². The summed E-state index contributed by atoms with van der Waals surface area (Å²) in [6.07, 6.45) is -0.239. The van der Waals surface area contributed by atoms with E-state index < -0.39 is 17.7 Å². The van der Waals surface area contributed by atoms with E-state index in [0.29, 0.717) is 0 Å². The highest BCUT2D eigenvalue weighted by atomic mass is 35.5. The highest BCUT2D eigenvalue weighted by molar-refractivity contribution is 6.29. The van der Waals surface area contributed by atoms with E-state index in [4.69, 9.17) is 16.3 Å². The molecule has 0 aliphatic carbocycles. The number of halogens is 1. The second-order valence-corrected chi connectivity index (χ2v) is 4.42. The van der Waals surface area contributed by atoms with Crippen molar-refractivity contribution in [3.8, 4) is 5.88 Å². The van der Waals surface area contributed by atoms with Crippen molar-refractivity contribution in [2.75, 3.05) is 14.2 Å². The van der Waals surface area contributed by atoms with Crippen LogP contribution in [0, 0.1) is 5.92 Å². The summed E-state index contributed by atoms with van der Waals surface area (Å²) < 4.78 is 9.52. The summed E-state index contributed by atoms with van der Waals surface area (Å²) in [5, 5.41) is 0.152. The van der Waals surface area contributed by atoms with Crippen molar-refractivity contribution in [3.63, 3.8) is 0 Å². The highest BCUT2D eigenvalue weighted by Crippen LogP contribution is 2.23. The van der Waals surface area contributed by atoms with E-state index in [1.165, 1.54) is 26.2 Å². The quantitative estimate of drug-likeness (QED) is 0.344. The summed E-state index contributed by atoms with van der Waals surface area (Å²) in [5.74, 6) is -2.88. The Morgan fingerprint density at radius 2 is 1.95 bits per heavy atom. The molecule has 7 heteroatoms. The molecule has 0 fully saturated rings. The molecule has 0 amide bonds. The van der Waals surface area contributed by atoms with E-state index in [1.807, 2.05) is 0 Å². The number of rotatable bonds is 6. The average Bonchev–Trinajstić information content (AvgIpc) is 2.42. The van der Waals surface area contributed by atoms with Gasteiger partial charge in [0.15, 0.2) is 5.78 Å². The minimum Gasteiger partial charge on any atom is -0.480 e. The lowest BCUT2D eigenvalue weighted by Crippen LogP contribution is -2.28. The van der Waals surface area contributed by atoms with Crippen LogP contribution in [0.15, 0.2) is 12.1 Å². The normalized spacial score (nSPS) is 11.6. The molecule has 1 heterocycles. The molecule has 0 N–H and O–H groups in total. The molecule has 1 atom stereocenters. The lowest BCUT2D eigenvalue weighted by molar-refractivity contribution is -0.145. The predicted octanol–water partition coefficient (Wildman–Crippen LogP) is 1.69. The van der Waals surface area contributed by atoms with Crippen LogP contribution in [0.1, 0.15) is 23.7 Å². The van der Waals surface area contributed by atoms with Crippen molar-refractivity contribution in [2.24, 2.45) is 5.92 Å². The Hall–Kier alpha value is -1.95. The number of methoxy groups -OCH3 is 2. The number of carbonyl (C=O) groups is 3. The van der Waals surface area contributed by atoms with Gasteiger partial charge in [0, 0.05) is 6.42 Å². The van der Waals surface area contributed by atoms with Gasteiger partial charge < -0.3 is 9.47 Å². The third-order valence-corrected chi connectivity index (χ3v) is 2.79. The van der Waals surface area contributed by atoms with Crippen LogP contribution in [0.2, 0.25) is 5.15 Å². The minimum atomic E-state index is -1.21. The van der Waals surface area contributed by atoms with E-state index in [9.17, 15) is 14.4 Å². The largest absolute Gasteiger partial charge is 0.480 e. The summed E-state index contributed by atoms with van der Waals surface area (Å²) in [5.41, 5.74) is 0.0774. The third kappa shape index (κ3) is 3.77. The summed E-state index contributed by atoms with van der Waals surface area (Å²) in [4.78, 5) is 39.0. The van der Waals surface area contributed by atoms with E-state index in [0.717, 1.165) is 7.11 Å². The van der Waals surface area contributed by atoms with Crippen LogP contribution in [0.5, 0.6) is 5.88 Å². The Labute approximate surface area is 121 Å². The first-order valence-corrected chi connectivity index (χ1v) is 6.10. The second-order valence-electron chi connectivity index (χ2n) is 4.04. The molecule has 0 saturated heterocycles. The number of hydrogen-bond acceptors (Lipinski definition) is 6. The number of ether oxygens (including phenoxy) is 2. The Bertz CT molecular complexity index is 544. The van der Waals surface area contributed by atoms with Gasteiger partial charge in [-0.15, -0.1) is 0 Å². The van der Waals surface area contributed by atoms with Gasteiger partial charge in [-0.05, 0) is 19.1 Å². The zero-order chi connectivity index (χ0) is 15.3. The number of esters is 1. The number of pyridine rings is 1. The fraction of sp³-hybridized carbons (Fsp3) is 0.385. The molecule has 20 heavy (non-hydrogen) atoms. The SMILES string of the molecule is COC(=O)C(CC(C)=O)C(=O)c1ccc(Cl)nc1OC. The molecule has 0 aromatic carbocycles. The maximum atomic E-state index is 12.4. The number of carbonyl (C=O) groups excluding carboxylic acids is 3. The number of Topliss-reactive ketones (excluding diaryl/α,β-unsaturated/α-hetero) is 2. The van der Waals surface area contributed by atoms with Gasteiger partial charge in [-0.1, -0.05) is 11.6 Å². The topological polar surface area (TPSA) is 82.6 Å². The van der Waals surface area contributed by atoms with Crippen LogP contribution in [-0.4, -0.2) is 36.7 Å². The molecule has 1 aromatic rings. The van der Waals surface area contributed by atoms with Gasteiger partial charge in [-0.25, -0.2) is 4.98 Å². The van der Waals surface area contributed by atoms with E-state index >= 15 is 0 Å². The van der Waals surface area contributed by atoms with Crippen molar-refractivity contribution in [1.82, 2.24) is 4.98 Å². The van der Waals surface area contributed by atoms with Crippen LogP contribution < -0.4 is 4.74 Å². The van der Waals surface area contributed by atoms with Crippen LogP contribution in [0.3, 0.4) is 0 Å². The summed E-state index contributed by atoms with van der Waals surface area (Å²) in [7, 11) is 2.48. The van der Waals surface area contributed by atoms with Crippen LogP contribution >= 0.6 is 11.6 Å². The summed E-state index contributed by atoms with van der Waals surface area (Å²) >= 11 is 5.71. The molecule has 1 unspecified atom stereocenters. The maximum Gasteiger partial charge on any atom is 0.317 e. The monoisotopic (exact) mass is 299 g/mol. The Morgan fingerprint density at radius 3 is 2.45 bits per heavy atom. The molecular formula is C13H14ClNO5. The Balaban J connectivity index is 3.18. The predicted molar refractivity (Wildman–Crippen MR) is 70.9 cm³/mol. The molecular weight excluding hydrogens is 286 g/mol. The first kappa shape index (κ1) is 16.1. The number of nitrogens with zero attached hydrogens (tertiary/aromatic N) is 1. The number of ketones is 2. The van der Waals surface area contributed by atoms with Gasteiger partial charge >= 0.3 is 5.97 Å². The number of hydrogen-bond donors (Lipinski definition) is 0. The Morgan fingerprint density at radius 1 is 1.30 bits per heavy atom. The van der Waals surface area contributed by atoms with Gasteiger partial charge in [0.25, 0.3) is 0 Å². The third-order valence-electron chi connectivity index (χ3n) is 2.58. The van der Waals surface area contributed by atoms with Gasteiger partial charge in [-0.3, -0.25) is 14.4 Å². The van der Waals surface area contributed by atoms with Gasteiger partial charge in [0.05, 0.1) is 19.8 Å². The minimum absolute atomic E-state index is 0.0000416. The smallest absolute Gasteiger partial charge is 0.317 e. The van der Waals surface area contributed by atoms with Crippen molar-refractivity contribution in [2.45, 2.75) is 13.3 Å². The fourth-order valence-corrected chi connectivity index (χ4v) is 1.80. The molecule has 1 rings (SSSR count). The Kier molecular flexibility index (Phi) is 5.64. The first-order valence-electron chi connectivity index (χ1n) is 5.72. The van der Waals surface area contributed by atoms with Crippen LogP contribution in [-0.2, 0) is 14.3 Å². The van der Waals surface area contributed by atoms with E-state index in [2.05, 4.69) is 9.72 Å². The molecule has 0 aliphatic rings. The maximum absolute atomic E-state index is 12.4. The standard InChI is InChI=1S/C13H14ClNO5/c1-7(16)6-9(13(18)20-3)11(17)8-4-5-10(14)15-12(8)19-2/h4-5,9H,6H2,1-3H3. The highest BCUT2D eigenvalue weighted by Gasteiger charge is 2.32. The molecule has 0 radical (unpaired) electrons.